The molecule has 0 atom stereocenters. The average Bonchev–Trinajstić information content (AvgIpc) is 3.38. The lowest BCUT2D eigenvalue weighted by Gasteiger charge is -2.05. The van der Waals surface area contributed by atoms with Gasteiger partial charge in [-0.2, -0.15) is 4.98 Å². The maximum Gasteiger partial charge on any atom is 0.238 e. The fraction of sp³-hybridized carbons (Fsp3) is 0.0952. The molecule has 4 rings (SSSR count). The van der Waals surface area contributed by atoms with E-state index in [1.54, 1.807) is 30.3 Å². The molecule has 0 unspecified atom stereocenters. The molecule has 8 heteroatoms. The first-order valence-electron chi connectivity index (χ1n) is 8.68. The van der Waals surface area contributed by atoms with Crippen LogP contribution in [-0.4, -0.2) is 13.4 Å². The number of hydrogen-bond acceptors (Lipinski definition) is 6. The summed E-state index contributed by atoms with van der Waals surface area (Å²) in [6, 6.07) is 17.9. The number of sulfone groups is 1. The molecule has 0 fully saturated rings. The number of aromatic nitrogens is 1. The zero-order valence-corrected chi connectivity index (χ0v) is 18.5. The van der Waals surface area contributed by atoms with Crippen molar-refractivity contribution in [2.45, 2.75) is 27.7 Å². The lowest BCUT2D eigenvalue weighted by Crippen LogP contribution is -2.04. The number of oxazole rings is 1. The van der Waals surface area contributed by atoms with Crippen LogP contribution in [0.1, 0.15) is 11.1 Å². The quantitative estimate of drug-likeness (QED) is 0.307. The largest absolute Gasteiger partial charge is 0.428 e. The molecule has 0 spiro atoms. The number of benzene rings is 2. The molecule has 2 heterocycles. The highest BCUT2D eigenvalue weighted by molar-refractivity contribution is 7.99. The van der Waals surface area contributed by atoms with Gasteiger partial charge in [-0.3, -0.25) is 0 Å². The first-order valence-corrected chi connectivity index (χ1v) is 12.4. The third kappa shape index (κ3) is 4.28. The van der Waals surface area contributed by atoms with E-state index in [1.807, 2.05) is 42.6 Å². The Morgan fingerprint density at radius 3 is 2.52 bits per heavy atom. The number of hydrogen-bond donors (Lipinski definition) is 0. The first kappa shape index (κ1) is 20.2. The maximum atomic E-state index is 13.3. The molecule has 0 N–H and O–H groups in total. The second-order valence-corrected chi connectivity index (χ2v) is 10.5. The topological polar surface area (TPSA) is 60.2 Å². The number of halogens is 1. The molecule has 0 saturated heterocycles. The van der Waals surface area contributed by atoms with Crippen LogP contribution in [0.5, 0.6) is 0 Å². The fourth-order valence-electron chi connectivity index (χ4n) is 2.65. The molecule has 2 aromatic carbocycles. The lowest BCUT2D eigenvalue weighted by molar-refractivity contribution is 0.471. The molecular weight excluding hydrogens is 446 g/mol. The van der Waals surface area contributed by atoms with Crippen LogP contribution < -0.4 is 0 Å². The van der Waals surface area contributed by atoms with E-state index in [0.29, 0.717) is 16.7 Å². The van der Waals surface area contributed by atoms with Gasteiger partial charge in [-0.1, -0.05) is 65.3 Å². The van der Waals surface area contributed by atoms with Gasteiger partial charge in [0.05, 0.1) is 9.77 Å². The molecular formula is C21H16ClNO3S3. The average molecular weight is 462 g/mol. The van der Waals surface area contributed by atoms with Crippen molar-refractivity contribution in [3.05, 3.63) is 82.2 Å². The van der Waals surface area contributed by atoms with Crippen molar-refractivity contribution < 1.29 is 12.8 Å². The molecule has 4 nitrogen and oxygen atoms in total. The van der Waals surface area contributed by atoms with Crippen molar-refractivity contribution in [1.82, 2.24) is 4.98 Å². The maximum absolute atomic E-state index is 13.3. The third-order valence-electron chi connectivity index (χ3n) is 4.20. The summed E-state index contributed by atoms with van der Waals surface area (Å²) >= 11 is 8.95. The van der Waals surface area contributed by atoms with Gasteiger partial charge in [-0.05, 0) is 42.1 Å². The summed E-state index contributed by atoms with van der Waals surface area (Å²) in [6.07, 6.45) is 0. The second-order valence-electron chi connectivity index (χ2n) is 6.29. The standard InChI is InChI=1S/C21H16ClNO3S3/c1-14-8-10-16(11-9-14)29(24,25)20-21(26-19(23-20)18-7-4-12-27-18)28-13-15-5-2-3-6-17(15)22/h2-12H,13H2,1H3. The van der Waals surface area contributed by atoms with Crippen LogP contribution in [-0.2, 0) is 15.6 Å². The summed E-state index contributed by atoms with van der Waals surface area (Å²) in [5, 5.41) is 2.71. The van der Waals surface area contributed by atoms with E-state index >= 15 is 0 Å². The molecule has 0 saturated carbocycles. The molecule has 0 aliphatic rings. The van der Waals surface area contributed by atoms with Crippen LogP contribution >= 0.6 is 34.7 Å². The number of nitrogens with zero attached hydrogens (tertiary/aromatic N) is 1. The summed E-state index contributed by atoms with van der Waals surface area (Å²) in [6.45, 7) is 1.91. The Bertz CT molecular complexity index is 1230. The Balaban J connectivity index is 1.75. The van der Waals surface area contributed by atoms with Crippen LogP contribution in [0.2, 0.25) is 5.02 Å². The normalized spacial score (nSPS) is 11.7. The van der Waals surface area contributed by atoms with Crippen LogP contribution in [0.4, 0.5) is 0 Å². The van der Waals surface area contributed by atoms with Crippen molar-refractivity contribution in [1.29, 1.82) is 0 Å². The summed E-state index contributed by atoms with van der Waals surface area (Å²) in [7, 11) is -3.83. The lowest BCUT2D eigenvalue weighted by atomic mass is 10.2. The first-order chi connectivity index (χ1) is 13.9. The SMILES string of the molecule is Cc1ccc(S(=O)(=O)c2nc(-c3cccs3)oc2SCc2ccccc2Cl)cc1. The zero-order valence-electron chi connectivity index (χ0n) is 15.3. The molecule has 0 radical (unpaired) electrons. The smallest absolute Gasteiger partial charge is 0.238 e. The highest BCUT2D eigenvalue weighted by Crippen LogP contribution is 2.38. The van der Waals surface area contributed by atoms with Crippen LogP contribution in [0.15, 0.2) is 85.5 Å². The third-order valence-corrected chi connectivity index (χ3v) is 8.23. The Kier molecular flexibility index (Phi) is 5.83. The van der Waals surface area contributed by atoms with Crippen molar-refractivity contribution >= 4 is 44.5 Å². The van der Waals surface area contributed by atoms with Crippen LogP contribution in [0.25, 0.3) is 10.8 Å². The molecule has 0 aliphatic heterocycles. The Hall–Kier alpha value is -2.06. The van der Waals surface area contributed by atoms with E-state index in [9.17, 15) is 8.42 Å². The summed E-state index contributed by atoms with van der Waals surface area (Å²) < 4.78 is 32.4. The van der Waals surface area contributed by atoms with E-state index in [0.717, 1.165) is 16.0 Å². The van der Waals surface area contributed by atoms with E-state index in [2.05, 4.69) is 4.98 Å². The predicted octanol–water partition coefficient (Wildman–Crippen LogP) is 6.49. The Labute approximate surface area is 182 Å². The van der Waals surface area contributed by atoms with Gasteiger partial charge in [0.25, 0.3) is 0 Å². The van der Waals surface area contributed by atoms with Crippen molar-refractivity contribution in [3.63, 3.8) is 0 Å². The Morgan fingerprint density at radius 2 is 1.83 bits per heavy atom. The second kappa shape index (κ2) is 8.36. The summed E-state index contributed by atoms with van der Waals surface area (Å²) in [5.74, 6) is 0.766. The molecule has 2 aromatic heterocycles. The zero-order chi connectivity index (χ0) is 20.4. The molecule has 4 aromatic rings. The van der Waals surface area contributed by atoms with Crippen LogP contribution in [0.3, 0.4) is 0 Å². The van der Waals surface area contributed by atoms with Crippen molar-refractivity contribution in [2.75, 3.05) is 0 Å². The molecule has 29 heavy (non-hydrogen) atoms. The minimum Gasteiger partial charge on any atom is -0.428 e. The van der Waals surface area contributed by atoms with Gasteiger partial charge in [0.1, 0.15) is 0 Å². The minimum absolute atomic E-state index is 0.0678. The van der Waals surface area contributed by atoms with Gasteiger partial charge in [-0.25, -0.2) is 8.42 Å². The fourth-order valence-corrected chi connectivity index (χ4v) is 6.11. The van der Waals surface area contributed by atoms with Gasteiger partial charge in [0.2, 0.25) is 25.8 Å². The molecule has 0 amide bonds. The summed E-state index contributed by atoms with van der Waals surface area (Å²) in [5.41, 5.74) is 1.88. The number of rotatable bonds is 6. The van der Waals surface area contributed by atoms with Gasteiger partial charge in [0, 0.05) is 10.8 Å². The highest BCUT2D eigenvalue weighted by atomic mass is 35.5. The van der Waals surface area contributed by atoms with Crippen LogP contribution in [0, 0.1) is 6.92 Å². The van der Waals surface area contributed by atoms with E-state index in [-0.39, 0.29) is 15.0 Å². The minimum atomic E-state index is -3.83. The predicted molar refractivity (Wildman–Crippen MR) is 117 cm³/mol. The number of thiophene rings is 1. The number of aryl methyl sites for hydroxylation is 1. The Morgan fingerprint density at radius 1 is 1.07 bits per heavy atom. The van der Waals surface area contributed by atoms with Gasteiger partial charge < -0.3 is 4.42 Å². The highest BCUT2D eigenvalue weighted by Gasteiger charge is 2.29. The van der Waals surface area contributed by atoms with Gasteiger partial charge in [-0.15, -0.1) is 11.3 Å². The van der Waals surface area contributed by atoms with E-state index in [1.165, 1.54) is 23.1 Å². The van der Waals surface area contributed by atoms with E-state index in [4.69, 9.17) is 16.0 Å². The molecule has 0 aliphatic carbocycles. The number of thioether (sulfide) groups is 1. The molecule has 148 valence electrons. The summed E-state index contributed by atoms with van der Waals surface area (Å²) in [4.78, 5) is 5.32. The van der Waals surface area contributed by atoms with Gasteiger partial charge in [0.15, 0.2) is 0 Å². The van der Waals surface area contributed by atoms with Crippen molar-refractivity contribution in [2.24, 2.45) is 0 Å². The van der Waals surface area contributed by atoms with E-state index < -0.39 is 9.84 Å². The van der Waals surface area contributed by atoms with Crippen molar-refractivity contribution in [3.8, 4) is 10.8 Å². The molecule has 0 bridgehead atoms. The monoisotopic (exact) mass is 461 g/mol. The van der Waals surface area contributed by atoms with Gasteiger partial charge >= 0.3 is 0 Å².